The molecule has 0 fully saturated rings. The van der Waals surface area contributed by atoms with E-state index in [1.165, 1.54) is 27.4 Å². The van der Waals surface area contributed by atoms with Crippen LogP contribution in [0.1, 0.15) is 57.2 Å². The molecule has 0 unspecified atom stereocenters. The number of pyridine rings is 2. The number of aryl methyl sites for hydroxylation is 1. The Kier molecular flexibility index (Phi) is 11.1. The van der Waals surface area contributed by atoms with Crippen molar-refractivity contribution in [1.29, 1.82) is 0 Å². The van der Waals surface area contributed by atoms with E-state index in [0.717, 1.165) is 50.0 Å². The molecule has 0 spiro atoms. The second kappa shape index (κ2) is 15.0. The fourth-order valence-corrected chi connectivity index (χ4v) is 6.98. The Hall–Kier alpha value is -4.15. The zero-order valence-electron chi connectivity index (χ0n) is 30.6. The predicted molar refractivity (Wildman–Crippen MR) is 210 cm³/mol. The van der Waals surface area contributed by atoms with E-state index in [4.69, 9.17) is 4.42 Å². The summed E-state index contributed by atoms with van der Waals surface area (Å²) in [6, 6.07) is 40.6. The maximum atomic E-state index is 6.41. The largest absolute Gasteiger partial charge is 0.501 e. The molecule has 0 bridgehead atoms. The van der Waals surface area contributed by atoms with E-state index >= 15 is 0 Å². The van der Waals surface area contributed by atoms with E-state index in [0.29, 0.717) is 5.92 Å². The number of benzene rings is 4. The molecule has 3 aromatic heterocycles. The Labute approximate surface area is 312 Å². The SMILES string of the molecule is CC(C)c1ccnc(-c2[c-]ccc3c2oc2cc(-c4ccc(C(C)(C)C)cc4)ccc23)c1.Cc1cc[c-]c(-c2ccc([Si](C)(C)C)cn2)c1.[Ir]. The van der Waals surface area contributed by atoms with E-state index < -0.39 is 8.07 Å². The van der Waals surface area contributed by atoms with Gasteiger partial charge in [-0.25, -0.2) is 0 Å². The number of nitrogens with zero attached hydrogens (tertiary/aromatic N) is 2. The van der Waals surface area contributed by atoms with Crippen LogP contribution in [0, 0.1) is 19.1 Å². The zero-order valence-corrected chi connectivity index (χ0v) is 34.0. The number of fused-ring (bicyclic) bond motifs is 3. The second-order valence-corrected chi connectivity index (χ2v) is 20.4. The molecule has 0 amide bonds. The molecule has 3 nitrogen and oxygen atoms in total. The number of hydrogen-bond acceptors (Lipinski definition) is 3. The monoisotopic (exact) mass is 851 g/mol. The molecule has 50 heavy (non-hydrogen) atoms. The maximum absolute atomic E-state index is 6.41. The minimum Gasteiger partial charge on any atom is -0.501 e. The summed E-state index contributed by atoms with van der Waals surface area (Å²) in [5.74, 6) is 0.443. The topological polar surface area (TPSA) is 38.9 Å². The summed E-state index contributed by atoms with van der Waals surface area (Å²) in [6.45, 7) is 20.2. The number of hydrogen-bond donors (Lipinski definition) is 0. The molecule has 0 N–H and O–H groups in total. The Morgan fingerprint density at radius 3 is 2.08 bits per heavy atom. The molecule has 0 saturated heterocycles. The van der Waals surface area contributed by atoms with Gasteiger partial charge in [-0.2, -0.15) is 0 Å². The molecular weight excluding hydrogens is 805 g/mol. The minimum atomic E-state index is -1.24. The van der Waals surface area contributed by atoms with E-state index in [9.17, 15) is 0 Å². The minimum absolute atomic E-state index is 0. The molecule has 3 heterocycles. The summed E-state index contributed by atoms with van der Waals surface area (Å²) in [5.41, 5.74) is 12.0. The van der Waals surface area contributed by atoms with Crippen LogP contribution in [0.2, 0.25) is 19.6 Å². The molecule has 1 radical (unpaired) electrons. The van der Waals surface area contributed by atoms with Crippen molar-refractivity contribution in [1.82, 2.24) is 9.97 Å². The quantitative estimate of drug-likeness (QED) is 0.128. The predicted octanol–water partition coefficient (Wildman–Crippen LogP) is 11.9. The van der Waals surface area contributed by atoms with Crippen LogP contribution < -0.4 is 5.19 Å². The number of aromatic nitrogens is 2. The standard InChI is InChI=1S/C30H28NO.C15H18NSi.Ir/c1-19(2)21-15-16-31-27(17-21)26-8-6-7-25-24-14-11-22(18-28(24)32-29(25)26)20-9-12-23(13-10-20)30(3,4)5;1-12-6-5-7-13(10-12)15-9-8-14(11-16-15)17(2,3)4;/h6-7,9-19H,1-5H3;5-6,8-11H,1-4H3;/q2*-1;. The van der Waals surface area contributed by atoms with Gasteiger partial charge in [-0.15, -0.1) is 53.6 Å². The fourth-order valence-electron chi connectivity index (χ4n) is 5.94. The van der Waals surface area contributed by atoms with Crippen LogP contribution in [0.3, 0.4) is 0 Å². The summed E-state index contributed by atoms with van der Waals surface area (Å²) >= 11 is 0. The Balaban J connectivity index is 0.000000229. The third-order valence-electron chi connectivity index (χ3n) is 9.09. The molecular formula is C45H46IrN2OSi-2. The van der Waals surface area contributed by atoms with Crippen molar-refractivity contribution in [2.75, 3.05) is 0 Å². The van der Waals surface area contributed by atoms with Gasteiger partial charge in [-0.3, -0.25) is 0 Å². The average molecular weight is 851 g/mol. The third-order valence-corrected chi connectivity index (χ3v) is 11.1. The molecule has 0 saturated carbocycles. The zero-order chi connectivity index (χ0) is 34.9. The van der Waals surface area contributed by atoms with Crippen molar-refractivity contribution >= 4 is 35.2 Å². The van der Waals surface area contributed by atoms with Crippen molar-refractivity contribution in [2.45, 2.75) is 72.5 Å². The van der Waals surface area contributed by atoms with Crippen LogP contribution in [-0.2, 0) is 25.5 Å². The summed E-state index contributed by atoms with van der Waals surface area (Å²) in [4.78, 5) is 9.17. The molecule has 257 valence electrons. The molecule has 0 aliphatic heterocycles. The first-order valence-corrected chi connectivity index (χ1v) is 20.7. The molecule has 0 aliphatic rings. The van der Waals surface area contributed by atoms with E-state index in [2.05, 4.69) is 168 Å². The Bertz CT molecular complexity index is 2220. The van der Waals surface area contributed by atoms with Gasteiger partial charge in [0.1, 0.15) is 5.58 Å². The van der Waals surface area contributed by atoms with Gasteiger partial charge >= 0.3 is 0 Å². The van der Waals surface area contributed by atoms with Gasteiger partial charge in [0.2, 0.25) is 0 Å². The second-order valence-electron chi connectivity index (χ2n) is 15.3. The van der Waals surface area contributed by atoms with Crippen LogP contribution in [0.15, 0.2) is 114 Å². The summed E-state index contributed by atoms with van der Waals surface area (Å²) in [6.07, 6.45) is 3.90. The van der Waals surface area contributed by atoms with Gasteiger partial charge in [0.05, 0.1) is 13.7 Å². The van der Waals surface area contributed by atoms with Gasteiger partial charge in [0.25, 0.3) is 0 Å². The first-order valence-electron chi connectivity index (χ1n) is 17.2. The van der Waals surface area contributed by atoms with Gasteiger partial charge in [-0.1, -0.05) is 132 Å². The first kappa shape index (κ1) is 37.1. The molecule has 0 aliphatic carbocycles. The number of furan rings is 1. The fraction of sp³-hybridized carbons (Fsp3) is 0.244. The maximum Gasteiger partial charge on any atom is 0.121 e. The molecule has 5 heteroatoms. The van der Waals surface area contributed by atoms with Crippen molar-refractivity contribution in [3.05, 3.63) is 138 Å². The van der Waals surface area contributed by atoms with Gasteiger partial charge < -0.3 is 14.4 Å². The summed E-state index contributed by atoms with van der Waals surface area (Å²) < 4.78 is 6.41. The van der Waals surface area contributed by atoms with E-state index in [1.54, 1.807) is 0 Å². The molecule has 0 atom stereocenters. The third kappa shape index (κ3) is 8.24. The Morgan fingerprint density at radius 1 is 0.720 bits per heavy atom. The van der Waals surface area contributed by atoms with Crippen LogP contribution in [0.5, 0.6) is 0 Å². The van der Waals surface area contributed by atoms with Crippen LogP contribution >= 0.6 is 0 Å². The smallest absolute Gasteiger partial charge is 0.121 e. The van der Waals surface area contributed by atoms with Crippen LogP contribution in [0.4, 0.5) is 0 Å². The van der Waals surface area contributed by atoms with Crippen molar-refractivity contribution in [3.63, 3.8) is 0 Å². The summed E-state index contributed by atoms with van der Waals surface area (Å²) in [5, 5.41) is 3.61. The van der Waals surface area contributed by atoms with Crippen molar-refractivity contribution in [3.8, 4) is 33.6 Å². The van der Waals surface area contributed by atoms with Crippen LogP contribution in [0.25, 0.3) is 55.6 Å². The van der Waals surface area contributed by atoms with Gasteiger partial charge in [0.15, 0.2) is 0 Å². The van der Waals surface area contributed by atoms with Gasteiger partial charge in [0, 0.05) is 37.9 Å². The Morgan fingerprint density at radius 2 is 1.44 bits per heavy atom. The normalized spacial score (nSPS) is 11.7. The van der Waals surface area contributed by atoms with Crippen molar-refractivity contribution < 1.29 is 24.5 Å². The molecule has 7 aromatic rings. The molecule has 7 rings (SSSR count). The van der Waals surface area contributed by atoms with E-state index in [-0.39, 0.29) is 25.5 Å². The first-order chi connectivity index (χ1) is 23.3. The number of rotatable bonds is 5. The van der Waals surface area contributed by atoms with Crippen molar-refractivity contribution in [2.24, 2.45) is 0 Å². The van der Waals surface area contributed by atoms with Crippen LogP contribution in [-0.4, -0.2) is 18.0 Å². The van der Waals surface area contributed by atoms with E-state index in [1.807, 2.05) is 24.5 Å². The summed E-state index contributed by atoms with van der Waals surface area (Å²) in [7, 11) is -1.24. The van der Waals surface area contributed by atoms with Gasteiger partial charge in [-0.05, 0) is 56.7 Å². The molecule has 4 aromatic carbocycles. The average Bonchev–Trinajstić information content (AvgIpc) is 3.46.